The summed E-state index contributed by atoms with van der Waals surface area (Å²) in [5.41, 5.74) is 0.838. The molecular formula is C12H17NO2. The van der Waals surface area contributed by atoms with E-state index >= 15 is 0 Å². The van der Waals surface area contributed by atoms with E-state index in [0.29, 0.717) is 0 Å². The summed E-state index contributed by atoms with van der Waals surface area (Å²) in [6.45, 7) is 2.91. The second-order valence-electron chi connectivity index (χ2n) is 3.37. The van der Waals surface area contributed by atoms with Crippen LogP contribution in [0.2, 0.25) is 0 Å². The van der Waals surface area contributed by atoms with Gasteiger partial charge in [0.1, 0.15) is 5.75 Å². The number of ether oxygens (including phenoxy) is 1. The molecule has 0 aromatic heterocycles. The molecule has 0 radical (unpaired) electrons. The average molecular weight is 207 g/mol. The lowest BCUT2D eigenvalue weighted by atomic mass is 10.2. The monoisotopic (exact) mass is 207 g/mol. The van der Waals surface area contributed by atoms with Crippen molar-refractivity contribution in [3.8, 4) is 5.75 Å². The van der Waals surface area contributed by atoms with Crippen LogP contribution in [0, 0.1) is 0 Å². The van der Waals surface area contributed by atoms with Gasteiger partial charge in [0.05, 0.1) is 12.8 Å². The summed E-state index contributed by atoms with van der Waals surface area (Å²) < 4.78 is 5.55. The predicted molar refractivity (Wildman–Crippen MR) is 60.8 cm³/mol. The Kier molecular flexibility index (Phi) is 5.30. The first-order valence-corrected chi connectivity index (χ1v) is 5.27. The van der Waals surface area contributed by atoms with Gasteiger partial charge in [0.2, 0.25) is 0 Å². The second kappa shape index (κ2) is 6.87. The highest BCUT2D eigenvalue weighted by Crippen LogP contribution is 2.12. The maximum Gasteiger partial charge on any atom is 0.119 e. The molecule has 0 aliphatic rings. The molecule has 1 rings (SSSR count). The largest absolute Gasteiger partial charge is 0.494 e. The van der Waals surface area contributed by atoms with Crippen LogP contribution in [-0.4, -0.2) is 18.0 Å². The lowest BCUT2D eigenvalue weighted by molar-refractivity contribution is 0.306. The lowest BCUT2D eigenvalue weighted by Gasteiger charge is -2.05. The highest BCUT2D eigenvalue weighted by Gasteiger charge is 1.94. The summed E-state index contributed by atoms with van der Waals surface area (Å²) in [5.74, 6) is 0.823. The zero-order valence-electron chi connectivity index (χ0n) is 9.02. The molecule has 0 heterocycles. The van der Waals surface area contributed by atoms with E-state index in [9.17, 15) is 0 Å². The molecular weight excluding hydrogens is 190 g/mol. The van der Waals surface area contributed by atoms with E-state index in [1.807, 2.05) is 24.3 Å². The van der Waals surface area contributed by atoms with E-state index < -0.39 is 0 Å². The molecule has 0 fully saturated rings. The van der Waals surface area contributed by atoms with Crippen LogP contribution in [0.25, 0.3) is 0 Å². The summed E-state index contributed by atoms with van der Waals surface area (Å²) in [6, 6.07) is 7.50. The van der Waals surface area contributed by atoms with Gasteiger partial charge in [-0.05, 0) is 24.1 Å². The van der Waals surface area contributed by atoms with Gasteiger partial charge >= 0.3 is 0 Å². The van der Waals surface area contributed by atoms with Crippen molar-refractivity contribution in [2.45, 2.75) is 26.2 Å². The van der Waals surface area contributed by atoms with E-state index in [2.05, 4.69) is 12.1 Å². The van der Waals surface area contributed by atoms with Crippen LogP contribution in [0.15, 0.2) is 29.4 Å². The van der Waals surface area contributed by atoms with Crippen LogP contribution in [0.1, 0.15) is 31.7 Å². The second-order valence-corrected chi connectivity index (χ2v) is 3.37. The third-order valence-corrected chi connectivity index (χ3v) is 2.08. The molecule has 3 heteroatoms. The fourth-order valence-corrected chi connectivity index (χ4v) is 1.29. The standard InChI is InChI=1S/C12H17NO2/c1-2-3-4-8-15-12-7-5-6-11(9-12)10-13-14/h5-7,9-10,14H,2-4,8H2,1H3. The maximum atomic E-state index is 8.39. The fraction of sp³-hybridized carbons (Fsp3) is 0.417. The number of benzene rings is 1. The van der Waals surface area contributed by atoms with Gasteiger partial charge in [-0.3, -0.25) is 0 Å². The highest BCUT2D eigenvalue weighted by atomic mass is 16.5. The van der Waals surface area contributed by atoms with E-state index in [1.54, 1.807) is 0 Å². The molecule has 1 N–H and O–H groups in total. The molecule has 0 amide bonds. The zero-order valence-corrected chi connectivity index (χ0v) is 9.02. The van der Waals surface area contributed by atoms with Gasteiger partial charge < -0.3 is 9.94 Å². The Morgan fingerprint density at radius 3 is 3.00 bits per heavy atom. The first kappa shape index (κ1) is 11.6. The minimum atomic E-state index is 0.744. The number of hydrogen-bond acceptors (Lipinski definition) is 3. The Hall–Kier alpha value is -1.51. The van der Waals surface area contributed by atoms with Gasteiger partial charge in [-0.15, -0.1) is 0 Å². The Morgan fingerprint density at radius 1 is 1.40 bits per heavy atom. The number of nitrogens with zero attached hydrogens (tertiary/aromatic N) is 1. The van der Waals surface area contributed by atoms with Gasteiger partial charge in [-0.1, -0.05) is 37.1 Å². The molecule has 0 unspecified atom stereocenters. The van der Waals surface area contributed by atoms with Crippen molar-refractivity contribution in [3.05, 3.63) is 29.8 Å². The number of oxime groups is 1. The van der Waals surface area contributed by atoms with Gasteiger partial charge in [0.15, 0.2) is 0 Å². The Bertz CT molecular complexity index is 310. The van der Waals surface area contributed by atoms with Crippen molar-refractivity contribution in [1.82, 2.24) is 0 Å². The van der Waals surface area contributed by atoms with Crippen molar-refractivity contribution >= 4 is 6.21 Å². The third kappa shape index (κ3) is 4.49. The first-order chi connectivity index (χ1) is 7.36. The molecule has 0 saturated heterocycles. The van der Waals surface area contributed by atoms with Gasteiger partial charge in [0.25, 0.3) is 0 Å². The smallest absolute Gasteiger partial charge is 0.119 e. The summed E-state index contributed by atoms with van der Waals surface area (Å²) in [5, 5.41) is 11.4. The van der Waals surface area contributed by atoms with Crippen LogP contribution < -0.4 is 4.74 Å². The van der Waals surface area contributed by atoms with Crippen LogP contribution in [0.3, 0.4) is 0 Å². The first-order valence-electron chi connectivity index (χ1n) is 5.27. The van der Waals surface area contributed by atoms with Crippen molar-refractivity contribution in [2.24, 2.45) is 5.16 Å². The molecule has 82 valence electrons. The molecule has 1 aromatic carbocycles. The number of unbranched alkanes of at least 4 members (excludes halogenated alkanes) is 2. The van der Waals surface area contributed by atoms with E-state index in [-0.39, 0.29) is 0 Å². The molecule has 0 aliphatic heterocycles. The Balaban J connectivity index is 2.43. The van der Waals surface area contributed by atoms with Crippen LogP contribution in [0.4, 0.5) is 0 Å². The van der Waals surface area contributed by atoms with Gasteiger partial charge in [-0.25, -0.2) is 0 Å². The highest BCUT2D eigenvalue weighted by molar-refractivity contribution is 5.79. The molecule has 0 aliphatic carbocycles. The molecule has 1 aromatic rings. The van der Waals surface area contributed by atoms with Gasteiger partial charge in [-0.2, -0.15) is 0 Å². The topological polar surface area (TPSA) is 41.8 Å². The summed E-state index contributed by atoms with van der Waals surface area (Å²) in [6.07, 6.45) is 4.85. The molecule has 0 spiro atoms. The van der Waals surface area contributed by atoms with Crippen molar-refractivity contribution < 1.29 is 9.94 Å². The van der Waals surface area contributed by atoms with Crippen molar-refractivity contribution in [3.63, 3.8) is 0 Å². The molecule has 0 saturated carbocycles. The summed E-state index contributed by atoms with van der Waals surface area (Å²) >= 11 is 0. The molecule has 0 atom stereocenters. The van der Waals surface area contributed by atoms with Crippen molar-refractivity contribution in [2.75, 3.05) is 6.61 Å². The van der Waals surface area contributed by atoms with Crippen LogP contribution in [0.5, 0.6) is 5.75 Å². The third-order valence-electron chi connectivity index (χ3n) is 2.08. The van der Waals surface area contributed by atoms with Crippen LogP contribution >= 0.6 is 0 Å². The Labute approximate surface area is 90.4 Å². The maximum absolute atomic E-state index is 8.39. The van der Waals surface area contributed by atoms with Crippen molar-refractivity contribution in [1.29, 1.82) is 0 Å². The normalized spacial score (nSPS) is 10.7. The zero-order chi connectivity index (χ0) is 10.9. The summed E-state index contributed by atoms with van der Waals surface area (Å²) in [4.78, 5) is 0. The van der Waals surface area contributed by atoms with E-state index in [1.165, 1.54) is 19.1 Å². The molecule has 0 bridgehead atoms. The summed E-state index contributed by atoms with van der Waals surface area (Å²) in [7, 11) is 0. The van der Waals surface area contributed by atoms with Gasteiger partial charge in [0, 0.05) is 0 Å². The predicted octanol–water partition coefficient (Wildman–Crippen LogP) is 3.06. The Morgan fingerprint density at radius 2 is 2.27 bits per heavy atom. The van der Waals surface area contributed by atoms with E-state index in [4.69, 9.17) is 9.94 Å². The lowest BCUT2D eigenvalue weighted by Crippen LogP contribution is -1.97. The fourth-order valence-electron chi connectivity index (χ4n) is 1.29. The SMILES string of the molecule is CCCCCOc1cccc(C=NO)c1. The quantitative estimate of drug-likeness (QED) is 0.337. The minimum Gasteiger partial charge on any atom is -0.494 e. The average Bonchev–Trinajstić information content (AvgIpc) is 2.26. The molecule has 3 nitrogen and oxygen atoms in total. The number of hydrogen-bond donors (Lipinski definition) is 1. The van der Waals surface area contributed by atoms with E-state index in [0.717, 1.165) is 24.3 Å². The number of rotatable bonds is 6. The van der Waals surface area contributed by atoms with Crippen LogP contribution in [-0.2, 0) is 0 Å². The minimum absolute atomic E-state index is 0.744. The molecule has 15 heavy (non-hydrogen) atoms.